The number of rotatable bonds is 5. The zero-order chi connectivity index (χ0) is 12.0. The molecule has 2 N–H and O–H groups in total. The second kappa shape index (κ2) is 5.59. The van der Waals surface area contributed by atoms with Crippen LogP contribution >= 0.6 is 0 Å². The van der Waals surface area contributed by atoms with E-state index in [9.17, 15) is 0 Å². The van der Waals surface area contributed by atoms with Gasteiger partial charge in [0.1, 0.15) is 5.54 Å². The minimum absolute atomic E-state index is 0.566. The molecule has 0 aliphatic rings. The van der Waals surface area contributed by atoms with Gasteiger partial charge in [-0.3, -0.25) is 4.98 Å². The standard InChI is InChI=1S/C12H18N4/c1-12(14,9-13)10-16(2)8-6-11-5-3-4-7-15-11/h3-5,7H,6,8,10,14H2,1-2H3. The molecule has 86 valence electrons. The molecule has 0 radical (unpaired) electrons. The van der Waals surface area contributed by atoms with Crippen LogP contribution < -0.4 is 5.73 Å². The molecular weight excluding hydrogens is 200 g/mol. The second-order valence-corrected chi connectivity index (χ2v) is 4.34. The highest BCUT2D eigenvalue weighted by Gasteiger charge is 2.19. The van der Waals surface area contributed by atoms with E-state index in [1.807, 2.05) is 25.2 Å². The Morgan fingerprint density at radius 3 is 2.88 bits per heavy atom. The second-order valence-electron chi connectivity index (χ2n) is 4.34. The number of nitriles is 1. The normalized spacial score (nSPS) is 14.4. The molecule has 0 aliphatic carbocycles. The van der Waals surface area contributed by atoms with Crippen molar-refractivity contribution >= 4 is 0 Å². The van der Waals surface area contributed by atoms with Crippen LogP contribution in [0.25, 0.3) is 0 Å². The zero-order valence-electron chi connectivity index (χ0n) is 9.85. The van der Waals surface area contributed by atoms with Gasteiger partial charge in [0.15, 0.2) is 0 Å². The molecule has 16 heavy (non-hydrogen) atoms. The average Bonchev–Trinajstić information content (AvgIpc) is 2.27. The van der Waals surface area contributed by atoms with E-state index in [-0.39, 0.29) is 0 Å². The molecule has 4 nitrogen and oxygen atoms in total. The molecule has 0 saturated heterocycles. The molecule has 0 bridgehead atoms. The third kappa shape index (κ3) is 4.39. The molecule has 1 aromatic heterocycles. The van der Waals surface area contributed by atoms with Crippen molar-refractivity contribution in [1.82, 2.24) is 9.88 Å². The molecule has 0 saturated carbocycles. The summed E-state index contributed by atoms with van der Waals surface area (Å²) in [5.74, 6) is 0. The number of pyridine rings is 1. The quantitative estimate of drug-likeness (QED) is 0.793. The van der Waals surface area contributed by atoms with E-state index in [0.29, 0.717) is 6.54 Å². The monoisotopic (exact) mass is 218 g/mol. The van der Waals surface area contributed by atoms with Gasteiger partial charge in [-0.05, 0) is 26.1 Å². The van der Waals surface area contributed by atoms with E-state index in [1.54, 1.807) is 13.1 Å². The van der Waals surface area contributed by atoms with Gasteiger partial charge < -0.3 is 10.6 Å². The van der Waals surface area contributed by atoms with Crippen LogP contribution in [-0.2, 0) is 6.42 Å². The number of aromatic nitrogens is 1. The van der Waals surface area contributed by atoms with Crippen LogP contribution in [0, 0.1) is 11.3 Å². The summed E-state index contributed by atoms with van der Waals surface area (Å²) in [6.45, 7) is 3.16. The third-order valence-electron chi connectivity index (χ3n) is 2.33. The van der Waals surface area contributed by atoms with Crippen molar-refractivity contribution in [3.05, 3.63) is 30.1 Å². The average molecular weight is 218 g/mol. The Morgan fingerprint density at radius 1 is 1.56 bits per heavy atom. The minimum Gasteiger partial charge on any atom is -0.313 e. The molecule has 1 unspecified atom stereocenters. The Kier molecular flexibility index (Phi) is 4.41. The van der Waals surface area contributed by atoms with Crippen molar-refractivity contribution in [3.63, 3.8) is 0 Å². The maximum Gasteiger partial charge on any atom is 0.114 e. The summed E-state index contributed by atoms with van der Waals surface area (Å²) in [4.78, 5) is 6.30. The van der Waals surface area contributed by atoms with Crippen LogP contribution in [0.3, 0.4) is 0 Å². The summed E-state index contributed by atoms with van der Waals surface area (Å²) in [5, 5.41) is 8.81. The van der Waals surface area contributed by atoms with E-state index in [4.69, 9.17) is 11.0 Å². The number of likely N-dealkylation sites (N-methyl/N-ethyl adjacent to an activating group) is 1. The summed E-state index contributed by atoms with van der Waals surface area (Å²) < 4.78 is 0. The van der Waals surface area contributed by atoms with Crippen LogP contribution in [-0.4, -0.2) is 35.6 Å². The van der Waals surface area contributed by atoms with Crippen LogP contribution in [0.15, 0.2) is 24.4 Å². The summed E-state index contributed by atoms with van der Waals surface area (Å²) in [6, 6.07) is 7.97. The molecular formula is C12H18N4. The van der Waals surface area contributed by atoms with Gasteiger partial charge in [-0.2, -0.15) is 5.26 Å². The fourth-order valence-corrected chi connectivity index (χ4v) is 1.53. The first-order chi connectivity index (χ1) is 7.53. The smallest absolute Gasteiger partial charge is 0.114 e. The lowest BCUT2D eigenvalue weighted by Gasteiger charge is -2.23. The van der Waals surface area contributed by atoms with Crippen molar-refractivity contribution < 1.29 is 0 Å². The lowest BCUT2D eigenvalue weighted by atomic mass is 10.1. The van der Waals surface area contributed by atoms with Crippen LogP contribution in [0.2, 0.25) is 0 Å². The van der Waals surface area contributed by atoms with Gasteiger partial charge in [0.2, 0.25) is 0 Å². The molecule has 0 amide bonds. The predicted molar refractivity (Wildman–Crippen MR) is 63.6 cm³/mol. The Morgan fingerprint density at radius 2 is 2.31 bits per heavy atom. The molecule has 0 spiro atoms. The first-order valence-electron chi connectivity index (χ1n) is 5.32. The molecule has 1 aromatic rings. The third-order valence-corrected chi connectivity index (χ3v) is 2.33. The summed E-state index contributed by atoms with van der Waals surface area (Å²) >= 11 is 0. The summed E-state index contributed by atoms with van der Waals surface area (Å²) in [5.41, 5.74) is 6.05. The van der Waals surface area contributed by atoms with Crippen molar-refractivity contribution in [2.45, 2.75) is 18.9 Å². The summed E-state index contributed by atoms with van der Waals surface area (Å²) in [6.07, 6.45) is 2.66. The molecule has 1 atom stereocenters. The van der Waals surface area contributed by atoms with Crippen LogP contribution in [0.4, 0.5) is 0 Å². The van der Waals surface area contributed by atoms with Gasteiger partial charge in [0, 0.05) is 31.4 Å². The van der Waals surface area contributed by atoms with Gasteiger partial charge in [0.25, 0.3) is 0 Å². The van der Waals surface area contributed by atoms with E-state index in [1.165, 1.54) is 0 Å². The van der Waals surface area contributed by atoms with Crippen LogP contribution in [0.5, 0.6) is 0 Å². The van der Waals surface area contributed by atoms with Gasteiger partial charge in [-0.25, -0.2) is 0 Å². The van der Waals surface area contributed by atoms with Crippen molar-refractivity contribution in [1.29, 1.82) is 5.26 Å². The molecule has 0 aliphatic heterocycles. The van der Waals surface area contributed by atoms with Crippen LogP contribution in [0.1, 0.15) is 12.6 Å². The molecule has 1 rings (SSSR count). The Labute approximate surface area is 96.7 Å². The molecule has 1 heterocycles. The lowest BCUT2D eigenvalue weighted by Crippen LogP contribution is -2.45. The summed E-state index contributed by atoms with van der Waals surface area (Å²) in [7, 11) is 1.96. The van der Waals surface area contributed by atoms with E-state index >= 15 is 0 Å². The maximum absolute atomic E-state index is 8.81. The Hall–Kier alpha value is -1.44. The minimum atomic E-state index is -0.779. The fraction of sp³-hybridized carbons (Fsp3) is 0.500. The van der Waals surface area contributed by atoms with E-state index < -0.39 is 5.54 Å². The van der Waals surface area contributed by atoms with E-state index in [2.05, 4.69) is 16.0 Å². The van der Waals surface area contributed by atoms with Gasteiger partial charge in [-0.1, -0.05) is 6.07 Å². The Balaban J connectivity index is 2.37. The fourth-order valence-electron chi connectivity index (χ4n) is 1.53. The van der Waals surface area contributed by atoms with Gasteiger partial charge >= 0.3 is 0 Å². The highest BCUT2D eigenvalue weighted by molar-refractivity contribution is 5.05. The highest BCUT2D eigenvalue weighted by atomic mass is 15.1. The van der Waals surface area contributed by atoms with E-state index in [0.717, 1.165) is 18.7 Å². The molecule has 0 aromatic carbocycles. The van der Waals surface area contributed by atoms with Crippen molar-refractivity contribution in [3.8, 4) is 6.07 Å². The number of hydrogen-bond donors (Lipinski definition) is 1. The highest BCUT2D eigenvalue weighted by Crippen LogP contribution is 2.01. The topological polar surface area (TPSA) is 65.9 Å². The number of nitrogens with zero attached hydrogens (tertiary/aromatic N) is 3. The molecule has 4 heteroatoms. The van der Waals surface area contributed by atoms with Crippen molar-refractivity contribution in [2.75, 3.05) is 20.1 Å². The first kappa shape index (κ1) is 12.6. The number of hydrogen-bond acceptors (Lipinski definition) is 4. The predicted octanol–water partition coefficient (Wildman–Crippen LogP) is 0.797. The largest absolute Gasteiger partial charge is 0.313 e. The zero-order valence-corrected chi connectivity index (χ0v) is 9.85. The maximum atomic E-state index is 8.81. The number of nitrogens with two attached hydrogens (primary N) is 1. The van der Waals surface area contributed by atoms with Crippen molar-refractivity contribution in [2.24, 2.45) is 5.73 Å². The first-order valence-corrected chi connectivity index (χ1v) is 5.32. The SMILES string of the molecule is CN(CCc1ccccn1)CC(C)(N)C#N. The van der Waals surface area contributed by atoms with Gasteiger partial charge in [0.05, 0.1) is 6.07 Å². The van der Waals surface area contributed by atoms with Gasteiger partial charge in [-0.15, -0.1) is 0 Å². The Bertz CT molecular complexity index is 353. The lowest BCUT2D eigenvalue weighted by molar-refractivity contribution is 0.292. The molecule has 0 fully saturated rings.